The van der Waals surface area contributed by atoms with Crippen molar-refractivity contribution >= 4 is 11.9 Å². The molecule has 19 heavy (non-hydrogen) atoms. The smallest absolute Gasteiger partial charge is 0.333 e. The van der Waals surface area contributed by atoms with Crippen molar-refractivity contribution in [3.8, 4) is 0 Å². The Morgan fingerprint density at radius 1 is 1.16 bits per heavy atom. The predicted molar refractivity (Wildman–Crippen MR) is 75.4 cm³/mol. The third-order valence-corrected chi connectivity index (χ3v) is 2.04. The number of esters is 2. The molecular formula is C14H25NO4. The SMILES string of the molecule is C=C(C(=O)OCCN)C(C)(C)C.C=C(C)C(=O)OC. The van der Waals surface area contributed by atoms with E-state index >= 15 is 0 Å². The lowest BCUT2D eigenvalue weighted by atomic mass is 9.88. The molecule has 0 saturated carbocycles. The van der Waals surface area contributed by atoms with E-state index in [1.807, 2.05) is 20.8 Å². The third-order valence-electron chi connectivity index (χ3n) is 2.04. The Bertz CT molecular complexity index is 340. The molecule has 0 amide bonds. The average molecular weight is 271 g/mol. The normalized spacial score (nSPS) is 9.79. The largest absolute Gasteiger partial charge is 0.466 e. The van der Waals surface area contributed by atoms with Gasteiger partial charge in [-0.05, 0) is 12.3 Å². The molecule has 0 atom stereocenters. The van der Waals surface area contributed by atoms with Crippen LogP contribution in [0.25, 0.3) is 0 Å². The van der Waals surface area contributed by atoms with Crippen molar-refractivity contribution in [1.82, 2.24) is 0 Å². The van der Waals surface area contributed by atoms with E-state index in [9.17, 15) is 9.59 Å². The maximum Gasteiger partial charge on any atom is 0.333 e. The fourth-order valence-electron chi connectivity index (χ4n) is 0.719. The quantitative estimate of drug-likeness (QED) is 0.623. The summed E-state index contributed by atoms with van der Waals surface area (Å²) in [5.74, 6) is -0.701. The highest BCUT2D eigenvalue weighted by atomic mass is 16.5. The molecule has 0 rings (SSSR count). The van der Waals surface area contributed by atoms with E-state index in [2.05, 4.69) is 17.9 Å². The molecule has 5 heteroatoms. The van der Waals surface area contributed by atoms with Crippen LogP contribution >= 0.6 is 0 Å². The Morgan fingerprint density at radius 2 is 1.63 bits per heavy atom. The molecule has 0 aliphatic rings. The van der Waals surface area contributed by atoms with Gasteiger partial charge in [0.05, 0.1) is 7.11 Å². The molecule has 5 nitrogen and oxygen atoms in total. The molecular weight excluding hydrogens is 246 g/mol. The van der Waals surface area contributed by atoms with Gasteiger partial charge in [-0.3, -0.25) is 0 Å². The van der Waals surface area contributed by atoms with Crippen LogP contribution in [0.5, 0.6) is 0 Å². The van der Waals surface area contributed by atoms with Gasteiger partial charge in [-0.25, -0.2) is 9.59 Å². The second-order valence-electron chi connectivity index (χ2n) is 4.93. The van der Waals surface area contributed by atoms with E-state index in [1.54, 1.807) is 6.92 Å². The van der Waals surface area contributed by atoms with Crippen LogP contribution in [0.2, 0.25) is 0 Å². The first-order valence-electron chi connectivity index (χ1n) is 5.88. The van der Waals surface area contributed by atoms with Crippen LogP contribution in [0.1, 0.15) is 27.7 Å². The minimum atomic E-state index is -0.354. The summed E-state index contributed by atoms with van der Waals surface area (Å²) in [7, 11) is 1.33. The Hall–Kier alpha value is -1.62. The zero-order valence-corrected chi connectivity index (χ0v) is 12.5. The number of carbonyl (C=O) groups excluding carboxylic acids is 2. The van der Waals surface area contributed by atoms with Gasteiger partial charge in [0.2, 0.25) is 0 Å². The summed E-state index contributed by atoms with van der Waals surface area (Å²) in [6.45, 7) is 15.0. The monoisotopic (exact) mass is 271 g/mol. The topological polar surface area (TPSA) is 78.6 Å². The number of nitrogens with two attached hydrogens (primary N) is 1. The molecule has 0 fully saturated rings. The van der Waals surface area contributed by atoms with E-state index in [0.29, 0.717) is 17.7 Å². The molecule has 0 aromatic heterocycles. The highest BCUT2D eigenvalue weighted by molar-refractivity contribution is 5.89. The highest BCUT2D eigenvalue weighted by Gasteiger charge is 2.22. The van der Waals surface area contributed by atoms with Gasteiger partial charge < -0.3 is 15.2 Å². The van der Waals surface area contributed by atoms with Crippen LogP contribution < -0.4 is 5.73 Å². The summed E-state index contributed by atoms with van der Waals surface area (Å²) in [6.07, 6.45) is 0. The van der Waals surface area contributed by atoms with Crippen LogP contribution in [0.4, 0.5) is 0 Å². The van der Waals surface area contributed by atoms with Gasteiger partial charge in [0.1, 0.15) is 6.61 Å². The fraction of sp³-hybridized carbons (Fsp3) is 0.571. The minimum absolute atomic E-state index is 0.230. The summed E-state index contributed by atoms with van der Waals surface area (Å²) in [4.78, 5) is 21.4. The second kappa shape index (κ2) is 9.33. The van der Waals surface area contributed by atoms with E-state index < -0.39 is 0 Å². The van der Waals surface area contributed by atoms with Crippen molar-refractivity contribution in [2.45, 2.75) is 27.7 Å². The van der Waals surface area contributed by atoms with Crippen molar-refractivity contribution in [3.05, 3.63) is 24.3 Å². The van der Waals surface area contributed by atoms with Crippen molar-refractivity contribution in [2.75, 3.05) is 20.3 Å². The standard InChI is InChI=1S/C9H17NO2.C5H8O2/c1-7(9(2,3)4)8(11)12-6-5-10;1-4(2)5(6)7-3/h1,5-6,10H2,2-4H3;1H2,2-3H3. The molecule has 0 aliphatic carbocycles. The third kappa shape index (κ3) is 10.0. The number of hydrogen-bond acceptors (Lipinski definition) is 5. The minimum Gasteiger partial charge on any atom is -0.466 e. The Kier molecular flexibility index (Phi) is 9.68. The molecule has 0 heterocycles. The molecule has 0 aromatic rings. The average Bonchev–Trinajstić information content (AvgIpc) is 2.33. The Labute approximate surface area is 115 Å². The van der Waals surface area contributed by atoms with E-state index in [4.69, 9.17) is 10.5 Å². The van der Waals surface area contributed by atoms with E-state index in [0.717, 1.165) is 0 Å². The molecule has 110 valence electrons. The fourth-order valence-corrected chi connectivity index (χ4v) is 0.719. The molecule has 0 radical (unpaired) electrons. The molecule has 0 aromatic carbocycles. The number of hydrogen-bond donors (Lipinski definition) is 1. The van der Waals surface area contributed by atoms with Gasteiger partial charge in [0.25, 0.3) is 0 Å². The lowest BCUT2D eigenvalue weighted by Gasteiger charge is -2.19. The molecule has 2 N–H and O–H groups in total. The van der Waals surface area contributed by atoms with Gasteiger partial charge in [-0.15, -0.1) is 0 Å². The molecule has 0 unspecified atom stereocenters. The Balaban J connectivity index is 0. The number of carbonyl (C=O) groups is 2. The van der Waals surface area contributed by atoms with Gasteiger partial charge in [0, 0.05) is 17.7 Å². The first-order chi connectivity index (χ1) is 8.57. The predicted octanol–water partition coefficient (Wildman–Crippen LogP) is 1.83. The zero-order chi connectivity index (χ0) is 15.6. The van der Waals surface area contributed by atoms with Crippen molar-refractivity contribution in [1.29, 1.82) is 0 Å². The number of rotatable bonds is 4. The maximum atomic E-state index is 11.2. The van der Waals surface area contributed by atoms with Gasteiger partial charge in [0.15, 0.2) is 0 Å². The first kappa shape index (κ1) is 19.7. The molecule has 0 spiro atoms. The number of methoxy groups -OCH3 is 1. The maximum absolute atomic E-state index is 11.2. The van der Waals surface area contributed by atoms with E-state index in [-0.39, 0.29) is 24.0 Å². The summed E-state index contributed by atoms with van der Waals surface area (Å²) < 4.78 is 9.09. The van der Waals surface area contributed by atoms with Crippen molar-refractivity contribution in [2.24, 2.45) is 11.1 Å². The van der Waals surface area contributed by atoms with Crippen LogP contribution in [0.15, 0.2) is 24.3 Å². The Morgan fingerprint density at radius 3 is 1.84 bits per heavy atom. The number of ether oxygens (including phenoxy) is 2. The van der Waals surface area contributed by atoms with Crippen LogP contribution in [0, 0.1) is 5.41 Å². The second-order valence-corrected chi connectivity index (χ2v) is 4.93. The summed E-state index contributed by atoms with van der Waals surface area (Å²) in [6, 6.07) is 0. The summed E-state index contributed by atoms with van der Waals surface area (Å²) in [5.41, 5.74) is 5.86. The molecule has 0 aliphatic heterocycles. The summed E-state index contributed by atoms with van der Waals surface area (Å²) in [5, 5.41) is 0. The van der Waals surface area contributed by atoms with E-state index in [1.165, 1.54) is 7.11 Å². The van der Waals surface area contributed by atoms with Gasteiger partial charge in [-0.2, -0.15) is 0 Å². The van der Waals surface area contributed by atoms with Crippen molar-refractivity contribution < 1.29 is 19.1 Å². The van der Waals surface area contributed by atoms with Crippen LogP contribution in [0.3, 0.4) is 0 Å². The summed E-state index contributed by atoms with van der Waals surface area (Å²) >= 11 is 0. The first-order valence-corrected chi connectivity index (χ1v) is 5.88. The van der Waals surface area contributed by atoms with Gasteiger partial charge in [-0.1, -0.05) is 33.9 Å². The highest BCUT2D eigenvalue weighted by Crippen LogP contribution is 2.24. The van der Waals surface area contributed by atoms with Crippen LogP contribution in [-0.2, 0) is 19.1 Å². The van der Waals surface area contributed by atoms with Gasteiger partial charge >= 0.3 is 11.9 Å². The van der Waals surface area contributed by atoms with Crippen molar-refractivity contribution in [3.63, 3.8) is 0 Å². The zero-order valence-electron chi connectivity index (χ0n) is 12.5. The molecule has 0 saturated heterocycles. The lowest BCUT2D eigenvalue weighted by molar-refractivity contribution is -0.140. The lowest BCUT2D eigenvalue weighted by Crippen LogP contribution is -2.21. The van der Waals surface area contributed by atoms with Crippen LogP contribution in [-0.4, -0.2) is 32.2 Å². The molecule has 0 bridgehead atoms.